The van der Waals surface area contributed by atoms with Crippen LogP contribution >= 0.6 is 11.8 Å². The van der Waals surface area contributed by atoms with E-state index in [0.717, 1.165) is 4.90 Å². The van der Waals surface area contributed by atoms with Gasteiger partial charge in [-0.2, -0.15) is 0 Å². The molecule has 3 nitrogen and oxygen atoms in total. The second-order valence-electron chi connectivity index (χ2n) is 3.40. The van der Waals surface area contributed by atoms with Crippen LogP contribution in [-0.4, -0.2) is 17.1 Å². The summed E-state index contributed by atoms with van der Waals surface area (Å²) >= 11 is 1.65. The number of nitrogens with zero attached hydrogens (tertiary/aromatic N) is 1. The third-order valence-electron chi connectivity index (χ3n) is 2.26. The lowest BCUT2D eigenvalue weighted by Crippen LogP contribution is -2.12. The summed E-state index contributed by atoms with van der Waals surface area (Å²) in [5.41, 5.74) is 0.633. The lowest BCUT2D eigenvalue weighted by Gasteiger charge is -2.04. The van der Waals surface area contributed by atoms with Gasteiger partial charge >= 0.3 is 0 Å². The number of carbonyl (C=O) groups excluding carboxylic acids is 1. The molecule has 17 heavy (non-hydrogen) atoms. The monoisotopic (exact) mass is 244 g/mol. The van der Waals surface area contributed by atoms with Gasteiger partial charge in [0.05, 0.1) is 0 Å². The molecule has 0 radical (unpaired) electrons. The van der Waals surface area contributed by atoms with Crippen molar-refractivity contribution in [2.45, 2.75) is 4.90 Å². The third-order valence-corrected chi connectivity index (χ3v) is 3.00. The van der Waals surface area contributed by atoms with E-state index >= 15 is 0 Å². The molecule has 0 aliphatic rings. The Labute approximate surface area is 104 Å². The summed E-state index contributed by atoms with van der Waals surface area (Å²) < 4.78 is 0. The zero-order valence-corrected chi connectivity index (χ0v) is 10.2. The second kappa shape index (κ2) is 5.50. The summed E-state index contributed by atoms with van der Waals surface area (Å²) in [7, 11) is 0. The minimum atomic E-state index is -0.142. The Morgan fingerprint density at radius 2 is 1.94 bits per heavy atom. The summed E-state index contributed by atoms with van der Waals surface area (Å²) in [5, 5.41) is 2.74. The highest BCUT2D eigenvalue weighted by atomic mass is 32.2. The number of rotatable bonds is 3. The van der Waals surface area contributed by atoms with Crippen LogP contribution in [0.2, 0.25) is 0 Å². The van der Waals surface area contributed by atoms with Crippen molar-refractivity contribution in [2.75, 3.05) is 11.6 Å². The quantitative estimate of drug-likeness (QED) is 0.844. The number of hydrogen-bond acceptors (Lipinski definition) is 3. The molecule has 86 valence electrons. The van der Waals surface area contributed by atoms with Crippen LogP contribution in [0, 0.1) is 0 Å². The molecule has 0 saturated heterocycles. The molecule has 1 aromatic heterocycles. The molecule has 1 heterocycles. The first-order valence-electron chi connectivity index (χ1n) is 5.16. The molecular weight excluding hydrogens is 232 g/mol. The lowest BCUT2D eigenvalue weighted by molar-refractivity contribution is 0.102. The predicted molar refractivity (Wildman–Crippen MR) is 70.4 cm³/mol. The highest BCUT2D eigenvalue weighted by Crippen LogP contribution is 2.15. The van der Waals surface area contributed by atoms with Crippen LogP contribution in [0.4, 0.5) is 5.82 Å². The lowest BCUT2D eigenvalue weighted by atomic mass is 10.2. The van der Waals surface area contributed by atoms with E-state index < -0.39 is 0 Å². The van der Waals surface area contributed by atoms with Gasteiger partial charge in [-0.05, 0) is 42.7 Å². The van der Waals surface area contributed by atoms with Gasteiger partial charge in [0.25, 0.3) is 5.91 Å². The Bertz CT molecular complexity index is 497. The van der Waals surface area contributed by atoms with Gasteiger partial charge in [-0.15, -0.1) is 11.8 Å². The number of anilines is 1. The average Bonchev–Trinajstić information content (AvgIpc) is 2.40. The molecular formula is C13H12N2OS. The number of carbonyl (C=O) groups is 1. The van der Waals surface area contributed by atoms with Crippen molar-refractivity contribution in [2.24, 2.45) is 0 Å². The first-order chi connectivity index (χ1) is 8.29. The molecule has 2 rings (SSSR count). The van der Waals surface area contributed by atoms with E-state index in [1.807, 2.05) is 42.7 Å². The fourth-order valence-corrected chi connectivity index (χ4v) is 1.78. The SMILES string of the molecule is CSc1ccc(C(=O)Nc2ccccn2)cc1. The van der Waals surface area contributed by atoms with Gasteiger partial charge < -0.3 is 5.32 Å². The minimum absolute atomic E-state index is 0.142. The molecule has 1 aromatic carbocycles. The van der Waals surface area contributed by atoms with E-state index in [0.29, 0.717) is 11.4 Å². The normalized spacial score (nSPS) is 9.94. The Kier molecular flexibility index (Phi) is 3.77. The Morgan fingerprint density at radius 3 is 2.53 bits per heavy atom. The van der Waals surface area contributed by atoms with Crippen LogP contribution in [0.5, 0.6) is 0 Å². The van der Waals surface area contributed by atoms with E-state index in [-0.39, 0.29) is 5.91 Å². The average molecular weight is 244 g/mol. The van der Waals surface area contributed by atoms with E-state index in [2.05, 4.69) is 10.3 Å². The molecule has 1 N–H and O–H groups in total. The van der Waals surface area contributed by atoms with Crippen molar-refractivity contribution in [1.82, 2.24) is 4.98 Å². The Hall–Kier alpha value is -1.81. The first kappa shape index (κ1) is 11.7. The first-order valence-corrected chi connectivity index (χ1v) is 6.38. The van der Waals surface area contributed by atoms with E-state index in [9.17, 15) is 4.79 Å². The molecule has 0 atom stereocenters. The van der Waals surface area contributed by atoms with Crippen molar-refractivity contribution < 1.29 is 4.79 Å². The standard InChI is InChI=1S/C13H12N2OS/c1-17-11-7-5-10(6-8-11)13(16)15-12-4-2-3-9-14-12/h2-9H,1H3,(H,14,15,16). The Morgan fingerprint density at radius 1 is 1.18 bits per heavy atom. The van der Waals surface area contributed by atoms with Gasteiger partial charge in [-0.3, -0.25) is 4.79 Å². The van der Waals surface area contributed by atoms with Crippen LogP contribution < -0.4 is 5.32 Å². The van der Waals surface area contributed by atoms with Gasteiger partial charge in [-0.25, -0.2) is 4.98 Å². The Balaban J connectivity index is 2.09. The number of thioether (sulfide) groups is 1. The number of nitrogens with one attached hydrogen (secondary N) is 1. The molecule has 0 unspecified atom stereocenters. The molecule has 2 aromatic rings. The van der Waals surface area contributed by atoms with Gasteiger partial charge in [0, 0.05) is 16.7 Å². The van der Waals surface area contributed by atoms with Gasteiger partial charge in [0.15, 0.2) is 0 Å². The van der Waals surface area contributed by atoms with Crippen molar-refractivity contribution in [3.05, 3.63) is 54.2 Å². The summed E-state index contributed by atoms with van der Waals surface area (Å²) in [4.78, 5) is 17.0. The number of benzene rings is 1. The van der Waals surface area contributed by atoms with Crippen LogP contribution in [-0.2, 0) is 0 Å². The number of pyridine rings is 1. The van der Waals surface area contributed by atoms with Crippen LogP contribution in [0.15, 0.2) is 53.6 Å². The molecule has 4 heteroatoms. The molecule has 0 spiro atoms. The summed E-state index contributed by atoms with van der Waals surface area (Å²) in [5.74, 6) is 0.419. The highest BCUT2D eigenvalue weighted by Gasteiger charge is 2.05. The van der Waals surface area contributed by atoms with Gasteiger partial charge in [-0.1, -0.05) is 6.07 Å². The fourth-order valence-electron chi connectivity index (χ4n) is 1.37. The number of aromatic nitrogens is 1. The molecule has 0 bridgehead atoms. The fraction of sp³-hybridized carbons (Fsp3) is 0.0769. The molecule has 1 amide bonds. The summed E-state index contributed by atoms with van der Waals surface area (Å²) in [6.07, 6.45) is 3.65. The van der Waals surface area contributed by atoms with Crippen LogP contribution in [0.1, 0.15) is 10.4 Å². The van der Waals surface area contributed by atoms with Crippen LogP contribution in [0.3, 0.4) is 0 Å². The number of amides is 1. The van der Waals surface area contributed by atoms with E-state index in [1.165, 1.54) is 0 Å². The van der Waals surface area contributed by atoms with Crippen molar-refractivity contribution in [3.63, 3.8) is 0 Å². The number of hydrogen-bond donors (Lipinski definition) is 1. The largest absolute Gasteiger partial charge is 0.307 e. The molecule has 0 aliphatic carbocycles. The van der Waals surface area contributed by atoms with Gasteiger partial charge in [0.1, 0.15) is 5.82 Å². The maximum Gasteiger partial charge on any atom is 0.256 e. The summed E-state index contributed by atoms with van der Waals surface area (Å²) in [6.45, 7) is 0. The molecule has 0 aliphatic heterocycles. The van der Waals surface area contributed by atoms with Crippen molar-refractivity contribution in [1.29, 1.82) is 0 Å². The maximum atomic E-state index is 11.9. The molecule has 0 fully saturated rings. The topological polar surface area (TPSA) is 42.0 Å². The molecule has 0 saturated carbocycles. The highest BCUT2D eigenvalue weighted by molar-refractivity contribution is 7.98. The van der Waals surface area contributed by atoms with Crippen molar-refractivity contribution in [3.8, 4) is 0 Å². The van der Waals surface area contributed by atoms with E-state index in [4.69, 9.17) is 0 Å². The zero-order chi connectivity index (χ0) is 12.1. The maximum absolute atomic E-state index is 11.9. The summed E-state index contributed by atoms with van der Waals surface area (Å²) in [6, 6.07) is 12.9. The second-order valence-corrected chi connectivity index (χ2v) is 4.28. The van der Waals surface area contributed by atoms with Gasteiger partial charge in [0.2, 0.25) is 0 Å². The third kappa shape index (κ3) is 3.07. The predicted octanol–water partition coefficient (Wildman–Crippen LogP) is 3.06. The van der Waals surface area contributed by atoms with E-state index in [1.54, 1.807) is 24.0 Å². The van der Waals surface area contributed by atoms with Crippen molar-refractivity contribution >= 4 is 23.5 Å². The minimum Gasteiger partial charge on any atom is -0.307 e. The zero-order valence-electron chi connectivity index (χ0n) is 9.38. The van der Waals surface area contributed by atoms with Crippen LogP contribution in [0.25, 0.3) is 0 Å². The smallest absolute Gasteiger partial charge is 0.256 e.